The summed E-state index contributed by atoms with van der Waals surface area (Å²) in [6, 6.07) is 14.5. The second-order valence-corrected chi connectivity index (χ2v) is 4.40. The van der Waals surface area contributed by atoms with Gasteiger partial charge in [-0.2, -0.15) is 0 Å². The molecule has 0 atom stereocenters. The number of nitrogens with one attached hydrogen (secondary N) is 1. The standard InChI is InChI=1S/C16H18FNO/c1-13-12-14(17)8-9-16(13)18-10-5-11-19-15-6-3-2-4-7-15/h2-4,6-9,12,18H,5,10-11H2,1H3. The summed E-state index contributed by atoms with van der Waals surface area (Å²) in [5.74, 6) is 0.691. The van der Waals surface area contributed by atoms with Crippen molar-refractivity contribution in [3.63, 3.8) is 0 Å². The smallest absolute Gasteiger partial charge is 0.123 e. The number of hydrogen-bond acceptors (Lipinski definition) is 2. The van der Waals surface area contributed by atoms with E-state index in [4.69, 9.17) is 4.74 Å². The number of aryl methyl sites for hydroxylation is 1. The first-order valence-corrected chi connectivity index (χ1v) is 6.43. The molecule has 0 aliphatic heterocycles. The van der Waals surface area contributed by atoms with Gasteiger partial charge >= 0.3 is 0 Å². The molecule has 2 aromatic carbocycles. The highest BCUT2D eigenvalue weighted by Crippen LogP contribution is 2.15. The predicted molar refractivity (Wildman–Crippen MR) is 76.2 cm³/mol. The number of ether oxygens (including phenoxy) is 1. The van der Waals surface area contributed by atoms with Crippen molar-refractivity contribution >= 4 is 5.69 Å². The van der Waals surface area contributed by atoms with Crippen molar-refractivity contribution in [2.24, 2.45) is 0 Å². The van der Waals surface area contributed by atoms with Crippen LogP contribution in [0, 0.1) is 12.7 Å². The first-order chi connectivity index (χ1) is 9.25. The summed E-state index contributed by atoms with van der Waals surface area (Å²) in [6.07, 6.45) is 0.895. The molecule has 0 bridgehead atoms. The number of para-hydroxylation sites is 1. The van der Waals surface area contributed by atoms with E-state index in [1.54, 1.807) is 6.07 Å². The summed E-state index contributed by atoms with van der Waals surface area (Å²) >= 11 is 0. The van der Waals surface area contributed by atoms with E-state index in [1.807, 2.05) is 37.3 Å². The summed E-state index contributed by atoms with van der Waals surface area (Å²) in [4.78, 5) is 0. The average Bonchev–Trinajstić information content (AvgIpc) is 2.42. The van der Waals surface area contributed by atoms with Crippen molar-refractivity contribution in [2.75, 3.05) is 18.5 Å². The molecule has 0 fully saturated rings. The fourth-order valence-corrected chi connectivity index (χ4v) is 1.83. The van der Waals surface area contributed by atoms with E-state index in [1.165, 1.54) is 12.1 Å². The Morgan fingerprint density at radius 1 is 1.11 bits per heavy atom. The minimum atomic E-state index is -0.199. The third-order valence-electron chi connectivity index (χ3n) is 2.84. The number of benzene rings is 2. The van der Waals surface area contributed by atoms with Gasteiger partial charge in [0.05, 0.1) is 6.61 Å². The number of hydrogen-bond donors (Lipinski definition) is 1. The van der Waals surface area contributed by atoms with Crippen LogP contribution >= 0.6 is 0 Å². The third-order valence-corrected chi connectivity index (χ3v) is 2.84. The zero-order valence-corrected chi connectivity index (χ0v) is 11.0. The van der Waals surface area contributed by atoms with Gasteiger partial charge in [0.1, 0.15) is 11.6 Å². The first-order valence-electron chi connectivity index (χ1n) is 6.43. The van der Waals surface area contributed by atoms with Crippen LogP contribution in [0.5, 0.6) is 5.75 Å². The van der Waals surface area contributed by atoms with Crippen LogP contribution in [0.3, 0.4) is 0 Å². The normalized spacial score (nSPS) is 10.2. The van der Waals surface area contributed by atoms with Gasteiger partial charge < -0.3 is 10.1 Å². The van der Waals surface area contributed by atoms with Crippen molar-refractivity contribution in [2.45, 2.75) is 13.3 Å². The summed E-state index contributed by atoms with van der Waals surface area (Å²) < 4.78 is 18.5. The SMILES string of the molecule is Cc1cc(F)ccc1NCCCOc1ccccc1. The van der Waals surface area contributed by atoms with Crippen molar-refractivity contribution in [3.8, 4) is 5.75 Å². The van der Waals surface area contributed by atoms with Crippen LogP contribution in [-0.2, 0) is 0 Å². The topological polar surface area (TPSA) is 21.3 Å². The lowest BCUT2D eigenvalue weighted by Crippen LogP contribution is -2.08. The van der Waals surface area contributed by atoms with Gasteiger partial charge in [-0.15, -0.1) is 0 Å². The van der Waals surface area contributed by atoms with Crippen molar-refractivity contribution in [1.82, 2.24) is 0 Å². The van der Waals surface area contributed by atoms with Crippen LogP contribution in [0.2, 0.25) is 0 Å². The van der Waals surface area contributed by atoms with E-state index in [9.17, 15) is 4.39 Å². The Morgan fingerprint density at radius 3 is 2.63 bits per heavy atom. The molecule has 0 aromatic heterocycles. The highest BCUT2D eigenvalue weighted by molar-refractivity contribution is 5.50. The molecule has 0 radical (unpaired) electrons. The van der Waals surface area contributed by atoms with Crippen LogP contribution in [0.15, 0.2) is 48.5 Å². The summed E-state index contributed by atoms with van der Waals surface area (Å²) in [5.41, 5.74) is 1.89. The van der Waals surface area contributed by atoms with Gasteiger partial charge in [0.15, 0.2) is 0 Å². The van der Waals surface area contributed by atoms with E-state index in [0.29, 0.717) is 6.61 Å². The van der Waals surface area contributed by atoms with Gasteiger partial charge in [-0.25, -0.2) is 4.39 Å². The molecule has 0 heterocycles. The van der Waals surface area contributed by atoms with Gasteiger partial charge in [-0.1, -0.05) is 18.2 Å². The number of halogens is 1. The van der Waals surface area contributed by atoms with Gasteiger partial charge in [-0.3, -0.25) is 0 Å². The molecule has 0 aliphatic carbocycles. The molecular weight excluding hydrogens is 241 g/mol. The monoisotopic (exact) mass is 259 g/mol. The average molecular weight is 259 g/mol. The van der Waals surface area contributed by atoms with Gasteiger partial charge in [-0.05, 0) is 49.2 Å². The van der Waals surface area contributed by atoms with Crippen molar-refractivity contribution < 1.29 is 9.13 Å². The molecule has 19 heavy (non-hydrogen) atoms. The Bertz CT molecular complexity index is 513. The Balaban J connectivity index is 1.69. The maximum Gasteiger partial charge on any atom is 0.123 e. The first kappa shape index (κ1) is 13.4. The second kappa shape index (κ2) is 6.78. The lowest BCUT2D eigenvalue weighted by molar-refractivity contribution is 0.315. The lowest BCUT2D eigenvalue weighted by atomic mass is 10.2. The fourth-order valence-electron chi connectivity index (χ4n) is 1.83. The van der Waals surface area contributed by atoms with Crippen LogP contribution in [-0.4, -0.2) is 13.2 Å². The zero-order chi connectivity index (χ0) is 13.5. The van der Waals surface area contributed by atoms with E-state index in [2.05, 4.69) is 5.32 Å². The van der Waals surface area contributed by atoms with Crippen LogP contribution in [0.4, 0.5) is 10.1 Å². The van der Waals surface area contributed by atoms with Crippen LogP contribution in [0.1, 0.15) is 12.0 Å². The number of rotatable bonds is 6. The highest BCUT2D eigenvalue weighted by Gasteiger charge is 1.99. The molecule has 100 valence electrons. The molecule has 1 N–H and O–H groups in total. The predicted octanol–water partition coefficient (Wildman–Crippen LogP) is 4.02. The minimum absolute atomic E-state index is 0.199. The lowest BCUT2D eigenvalue weighted by Gasteiger charge is -2.10. The molecule has 0 spiro atoms. The summed E-state index contributed by atoms with van der Waals surface area (Å²) in [5, 5.41) is 3.28. The van der Waals surface area contributed by atoms with Crippen molar-refractivity contribution in [3.05, 3.63) is 59.9 Å². The van der Waals surface area contributed by atoms with E-state index in [0.717, 1.165) is 30.0 Å². The summed E-state index contributed by atoms with van der Waals surface area (Å²) in [6.45, 7) is 3.36. The Morgan fingerprint density at radius 2 is 1.89 bits per heavy atom. The van der Waals surface area contributed by atoms with Gasteiger partial charge in [0.25, 0.3) is 0 Å². The Kier molecular flexibility index (Phi) is 4.78. The quantitative estimate of drug-likeness (QED) is 0.791. The molecule has 2 rings (SSSR count). The molecule has 0 saturated carbocycles. The zero-order valence-electron chi connectivity index (χ0n) is 11.0. The molecular formula is C16H18FNO. The molecule has 3 heteroatoms. The van der Waals surface area contributed by atoms with Crippen LogP contribution < -0.4 is 10.1 Å². The fraction of sp³-hybridized carbons (Fsp3) is 0.250. The molecule has 0 unspecified atom stereocenters. The van der Waals surface area contributed by atoms with E-state index < -0.39 is 0 Å². The largest absolute Gasteiger partial charge is 0.494 e. The molecule has 0 saturated heterocycles. The summed E-state index contributed by atoms with van der Waals surface area (Å²) in [7, 11) is 0. The number of anilines is 1. The maximum atomic E-state index is 12.9. The second-order valence-electron chi connectivity index (χ2n) is 4.40. The molecule has 0 aliphatic rings. The third kappa shape index (κ3) is 4.28. The Labute approximate surface area is 113 Å². The maximum absolute atomic E-state index is 12.9. The minimum Gasteiger partial charge on any atom is -0.494 e. The van der Waals surface area contributed by atoms with E-state index >= 15 is 0 Å². The van der Waals surface area contributed by atoms with Gasteiger partial charge in [0, 0.05) is 12.2 Å². The van der Waals surface area contributed by atoms with Crippen molar-refractivity contribution in [1.29, 1.82) is 0 Å². The van der Waals surface area contributed by atoms with Gasteiger partial charge in [0.2, 0.25) is 0 Å². The Hall–Kier alpha value is -2.03. The molecule has 2 aromatic rings. The molecule has 2 nitrogen and oxygen atoms in total. The highest BCUT2D eigenvalue weighted by atomic mass is 19.1. The van der Waals surface area contributed by atoms with Crippen LogP contribution in [0.25, 0.3) is 0 Å². The van der Waals surface area contributed by atoms with E-state index in [-0.39, 0.29) is 5.82 Å². The molecule has 0 amide bonds.